The van der Waals surface area contributed by atoms with Crippen molar-refractivity contribution in [2.24, 2.45) is 0 Å². The Balaban J connectivity index is 1.26. The molecule has 1 atom stereocenters. The minimum atomic E-state index is -0.300. The van der Waals surface area contributed by atoms with Crippen LogP contribution < -0.4 is 5.32 Å². The summed E-state index contributed by atoms with van der Waals surface area (Å²) in [5, 5.41) is 8.06. The summed E-state index contributed by atoms with van der Waals surface area (Å²) in [5.41, 5.74) is 1.77. The minimum absolute atomic E-state index is 0.0330. The number of carbonyl (C=O) groups is 2. The van der Waals surface area contributed by atoms with E-state index in [2.05, 4.69) is 34.2 Å². The fraction of sp³-hybridized carbons (Fsp3) is 0.640. The number of aryl methyl sites for hydroxylation is 1. The van der Waals surface area contributed by atoms with E-state index in [1.807, 2.05) is 42.7 Å². The number of aromatic nitrogens is 4. The summed E-state index contributed by atoms with van der Waals surface area (Å²) in [4.78, 5) is 39.7. The van der Waals surface area contributed by atoms with Crippen LogP contribution in [0.1, 0.15) is 50.5 Å². The summed E-state index contributed by atoms with van der Waals surface area (Å²) < 4.78 is 7.60. The van der Waals surface area contributed by atoms with Crippen LogP contribution in [0.3, 0.4) is 0 Å². The molecular weight excluding hydrogens is 460 g/mol. The highest BCUT2D eigenvalue weighted by Crippen LogP contribution is 2.23. The van der Waals surface area contributed by atoms with Crippen LogP contribution in [-0.2, 0) is 9.53 Å². The second-order valence-corrected chi connectivity index (χ2v) is 10.2. The third kappa shape index (κ3) is 6.13. The molecule has 196 valence electrons. The van der Waals surface area contributed by atoms with Crippen molar-refractivity contribution in [3.8, 4) is 0 Å². The fourth-order valence-electron chi connectivity index (χ4n) is 4.61. The van der Waals surface area contributed by atoms with Gasteiger partial charge in [-0.1, -0.05) is 19.9 Å². The third-order valence-corrected chi connectivity index (χ3v) is 6.64. The highest BCUT2D eigenvalue weighted by atomic mass is 16.6. The van der Waals surface area contributed by atoms with Crippen molar-refractivity contribution in [3.63, 3.8) is 0 Å². The molecule has 11 heteroatoms. The Kier molecular flexibility index (Phi) is 8.07. The third-order valence-electron chi connectivity index (χ3n) is 6.64. The summed E-state index contributed by atoms with van der Waals surface area (Å²) in [5.74, 6) is 1.68. The topological polar surface area (TPSA) is 108 Å². The number of rotatable bonds is 7. The lowest BCUT2D eigenvalue weighted by Crippen LogP contribution is -2.44. The number of carbonyl (C=O) groups excluding carboxylic acids is 2. The predicted octanol–water partition coefficient (Wildman–Crippen LogP) is 2.29. The van der Waals surface area contributed by atoms with Crippen molar-refractivity contribution in [3.05, 3.63) is 29.9 Å². The van der Waals surface area contributed by atoms with Gasteiger partial charge in [0.05, 0.1) is 18.4 Å². The zero-order valence-corrected chi connectivity index (χ0v) is 22.0. The van der Waals surface area contributed by atoms with Gasteiger partial charge in [-0.2, -0.15) is 5.10 Å². The fourth-order valence-corrected chi connectivity index (χ4v) is 4.61. The molecule has 0 aromatic carbocycles. The van der Waals surface area contributed by atoms with Crippen molar-refractivity contribution in [1.82, 2.24) is 34.3 Å². The molecule has 2 amide bonds. The average molecular weight is 499 g/mol. The molecule has 2 fully saturated rings. The van der Waals surface area contributed by atoms with Crippen LogP contribution in [0, 0.1) is 6.92 Å². The van der Waals surface area contributed by atoms with Crippen LogP contribution in [0.5, 0.6) is 0 Å². The Morgan fingerprint density at radius 1 is 1.19 bits per heavy atom. The van der Waals surface area contributed by atoms with Crippen molar-refractivity contribution in [2.75, 3.05) is 52.1 Å². The Labute approximate surface area is 212 Å². The summed E-state index contributed by atoms with van der Waals surface area (Å²) in [6, 6.07) is 0.180. The lowest BCUT2D eigenvalue weighted by Gasteiger charge is -2.32. The van der Waals surface area contributed by atoms with Gasteiger partial charge in [-0.25, -0.2) is 19.3 Å². The molecule has 36 heavy (non-hydrogen) atoms. The van der Waals surface area contributed by atoms with Crippen LogP contribution >= 0.6 is 0 Å². The monoisotopic (exact) mass is 498 g/mol. The standard InChI is InChI=1S/C25H38N8O3/c1-17(2)21-15-26-24-23(27-18(3)29-33(21)24)28-19-8-12-31(13-9-19)25(35)36-20-10-14-32(16-20)22(34)7-6-11-30(4)5/h6-7,15,17,19-20H,8-14,16H2,1-5H3,(H,27,28,29)/b7-6+. The summed E-state index contributed by atoms with van der Waals surface area (Å²) in [6.45, 7) is 9.09. The predicted molar refractivity (Wildman–Crippen MR) is 137 cm³/mol. The molecule has 11 nitrogen and oxygen atoms in total. The highest BCUT2D eigenvalue weighted by Gasteiger charge is 2.31. The Hall–Kier alpha value is -3.21. The molecule has 4 rings (SSSR count). The Morgan fingerprint density at radius 2 is 1.92 bits per heavy atom. The maximum absolute atomic E-state index is 12.8. The molecule has 0 radical (unpaired) electrons. The zero-order valence-electron chi connectivity index (χ0n) is 22.0. The van der Waals surface area contributed by atoms with Crippen LogP contribution in [0.25, 0.3) is 5.65 Å². The number of ether oxygens (including phenoxy) is 1. The first-order valence-corrected chi connectivity index (χ1v) is 12.8. The summed E-state index contributed by atoms with van der Waals surface area (Å²) in [7, 11) is 3.91. The quantitative estimate of drug-likeness (QED) is 0.580. The van der Waals surface area contributed by atoms with E-state index in [1.54, 1.807) is 15.9 Å². The molecular formula is C25H38N8O3. The molecule has 2 aliphatic heterocycles. The average Bonchev–Trinajstić information content (AvgIpc) is 3.46. The summed E-state index contributed by atoms with van der Waals surface area (Å²) in [6.07, 6.45) is 6.99. The number of nitrogens with zero attached hydrogens (tertiary/aromatic N) is 7. The molecule has 1 unspecified atom stereocenters. The number of piperidine rings is 1. The molecule has 0 spiro atoms. The zero-order chi connectivity index (χ0) is 25.8. The van der Waals surface area contributed by atoms with Gasteiger partial charge < -0.3 is 24.8 Å². The van der Waals surface area contributed by atoms with E-state index >= 15 is 0 Å². The molecule has 0 bridgehead atoms. The first-order valence-electron chi connectivity index (χ1n) is 12.8. The summed E-state index contributed by atoms with van der Waals surface area (Å²) >= 11 is 0. The second kappa shape index (κ2) is 11.2. The number of nitrogens with one attached hydrogen (secondary N) is 1. The lowest BCUT2D eigenvalue weighted by atomic mass is 10.1. The largest absolute Gasteiger partial charge is 0.444 e. The number of likely N-dealkylation sites (N-methyl/N-ethyl adjacent to an activating group) is 1. The van der Waals surface area contributed by atoms with Crippen molar-refractivity contribution < 1.29 is 14.3 Å². The first kappa shape index (κ1) is 25.9. The maximum atomic E-state index is 12.8. The minimum Gasteiger partial charge on any atom is -0.444 e. The number of hydrogen-bond acceptors (Lipinski definition) is 8. The number of imidazole rings is 1. The SMILES string of the molecule is Cc1nc(NC2CCN(C(=O)OC3CCN(C(=O)/C=C/CN(C)C)C3)CC2)c2ncc(C(C)C)n2n1. The molecule has 2 saturated heterocycles. The molecule has 1 N–H and O–H groups in total. The van der Waals surface area contributed by atoms with Crippen molar-refractivity contribution in [2.45, 2.75) is 58.1 Å². The van der Waals surface area contributed by atoms with E-state index < -0.39 is 0 Å². The van der Waals surface area contributed by atoms with Crippen LogP contribution in [-0.4, -0.2) is 105 Å². The molecule has 4 heterocycles. The van der Waals surface area contributed by atoms with Gasteiger partial charge in [-0.15, -0.1) is 0 Å². The van der Waals surface area contributed by atoms with Gasteiger partial charge in [-0.05, 0) is 39.8 Å². The second-order valence-electron chi connectivity index (χ2n) is 10.2. The Morgan fingerprint density at radius 3 is 2.61 bits per heavy atom. The van der Waals surface area contributed by atoms with Gasteiger partial charge in [0.25, 0.3) is 0 Å². The number of fused-ring (bicyclic) bond motifs is 1. The molecule has 0 aliphatic carbocycles. The van der Waals surface area contributed by atoms with Crippen LogP contribution in [0.15, 0.2) is 18.3 Å². The van der Waals surface area contributed by atoms with Gasteiger partial charge in [-0.3, -0.25) is 4.79 Å². The highest BCUT2D eigenvalue weighted by molar-refractivity contribution is 5.87. The van der Waals surface area contributed by atoms with E-state index in [0.29, 0.717) is 50.9 Å². The van der Waals surface area contributed by atoms with E-state index in [-0.39, 0.29) is 24.1 Å². The van der Waals surface area contributed by atoms with Gasteiger partial charge in [0, 0.05) is 44.7 Å². The molecule has 0 saturated carbocycles. The van der Waals surface area contributed by atoms with Crippen LogP contribution in [0.4, 0.5) is 10.6 Å². The van der Waals surface area contributed by atoms with E-state index in [9.17, 15) is 9.59 Å². The number of amides is 2. The van der Waals surface area contributed by atoms with Gasteiger partial charge in [0.15, 0.2) is 11.5 Å². The van der Waals surface area contributed by atoms with Gasteiger partial charge >= 0.3 is 6.09 Å². The Bertz CT molecular complexity index is 1100. The number of anilines is 1. The first-order chi connectivity index (χ1) is 17.2. The van der Waals surface area contributed by atoms with Crippen molar-refractivity contribution in [1.29, 1.82) is 0 Å². The van der Waals surface area contributed by atoms with Gasteiger partial charge in [0.2, 0.25) is 5.91 Å². The van der Waals surface area contributed by atoms with Crippen molar-refractivity contribution >= 4 is 23.5 Å². The molecule has 2 aromatic heterocycles. The number of likely N-dealkylation sites (tertiary alicyclic amines) is 2. The molecule has 2 aliphatic rings. The smallest absolute Gasteiger partial charge is 0.410 e. The lowest BCUT2D eigenvalue weighted by molar-refractivity contribution is -0.125. The van der Waals surface area contributed by atoms with Crippen LogP contribution in [0.2, 0.25) is 0 Å². The molecule has 2 aromatic rings. The normalized spacial score (nSPS) is 19.2. The van der Waals surface area contributed by atoms with Gasteiger partial charge in [0.1, 0.15) is 11.9 Å². The van der Waals surface area contributed by atoms with E-state index in [4.69, 9.17) is 4.74 Å². The maximum Gasteiger partial charge on any atom is 0.410 e. The number of hydrogen-bond donors (Lipinski definition) is 1. The van der Waals surface area contributed by atoms with E-state index in [0.717, 1.165) is 30.0 Å². The van der Waals surface area contributed by atoms with E-state index in [1.165, 1.54) is 0 Å².